The molecule has 0 atom stereocenters. The number of aryl methyl sites for hydroxylation is 1. The smallest absolute Gasteiger partial charge is 0.317 e. The van der Waals surface area contributed by atoms with Crippen LogP contribution in [0.25, 0.3) is 0 Å². The topological polar surface area (TPSA) is 82.6 Å². The van der Waals surface area contributed by atoms with Crippen molar-refractivity contribution < 1.29 is 17.6 Å². The average molecular weight is 427 g/mol. The highest BCUT2D eigenvalue weighted by molar-refractivity contribution is 7.89. The average Bonchev–Trinajstić information content (AvgIpc) is 2.92. The molecule has 2 heterocycles. The van der Waals surface area contributed by atoms with Crippen molar-refractivity contribution in [2.24, 2.45) is 0 Å². The first-order valence-electron chi connectivity index (χ1n) is 9.06. The summed E-state index contributed by atoms with van der Waals surface area (Å²) in [4.78, 5) is 18.5. The Morgan fingerprint density at radius 3 is 2.64 bits per heavy atom. The van der Waals surface area contributed by atoms with Gasteiger partial charge in [0, 0.05) is 44.5 Å². The number of hydrogen-bond acceptors (Lipinski definition) is 5. The van der Waals surface area contributed by atoms with Gasteiger partial charge >= 0.3 is 6.03 Å². The predicted octanol–water partition coefficient (Wildman–Crippen LogP) is 2.24. The van der Waals surface area contributed by atoms with E-state index in [0.717, 1.165) is 22.8 Å². The molecule has 1 fully saturated rings. The second-order valence-electron chi connectivity index (χ2n) is 6.54. The van der Waals surface area contributed by atoms with Crippen molar-refractivity contribution in [1.82, 2.24) is 19.5 Å². The minimum absolute atomic E-state index is 0.0605. The van der Waals surface area contributed by atoms with Crippen molar-refractivity contribution in [1.29, 1.82) is 0 Å². The summed E-state index contributed by atoms with van der Waals surface area (Å²) in [5.41, 5.74) is 0.954. The molecule has 2 aromatic rings. The Labute approximate surface area is 168 Å². The number of sulfonamides is 1. The molecule has 3 rings (SSSR count). The molecule has 2 amide bonds. The summed E-state index contributed by atoms with van der Waals surface area (Å²) in [6.07, 6.45) is 1.20. The molecule has 28 heavy (non-hydrogen) atoms. The van der Waals surface area contributed by atoms with Crippen LogP contribution in [0.1, 0.15) is 17.1 Å². The van der Waals surface area contributed by atoms with E-state index < -0.39 is 15.8 Å². The van der Waals surface area contributed by atoms with Crippen LogP contribution in [0, 0.1) is 12.7 Å². The van der Waals surface area contributed by atoms with Crippen LogP contribution in [-0.2, 0) is 16.4 Å². The lowest BCUT2D eigenvalue weighted by atomic mass is 10.3. The van der Waals surface area contributed by atoms with Gasteiger partial charge < -0.3 is 10.2 Å². The number of rotatable bonds is 5. The van der Waals surface area contributed by atoms with E-state index in [1.807, 2.05) is 12.3 Å². The first-order valence-corrected chi connectivity index (χ1v) is 11.4. The lowest BCUT2D eigenvalue weighted by molar-refractivity contribution is 0.200. The molecule has 0 unspecified atom stereocenters. The molecule has 0 radical (unpaired) electrons. The van der Waals surface area contributed by atoms with E-state index in [-0.39, 0.29) is 17.5 Å². The van der Waals surface area contributed by atoms with Crippen LogP contribution in [0.2, 0.25) is 0 Å². The standard InChI is InChI=1S/C18H23FN4O3S2/c1-14-21-16(13-27-14)7-8-20-18(24)22-9-2-10-23(12-11-22)28(25,26)17-5-3-15(19)4-6-17/h3-6,13H,2,7-12H2,1H3,(H,20,24). The fourth-order valence-electron chi connectivity index (χ4n) is 3.03. The maximum absolute atomic E-state index is 13.1. The maximum Gasteiger partial charge on any atom is 0.317 e. The van der Waals surface area contributed by atoms with Crippen LogP contribution in [0.15, 0.2) is 34.5 Å². The van der Waals surface area contributed by atoms with Crippen molar-refractivity contribution in [3.05, 3.63) is 46.2 Å². The number of nitrogens with one attached hydrogen (secondary N) is 1. The van der Waals surface area contributed by atoms with Crippen molar-refractivity contribution in [2.75, 3.05) is 32.7 Å². The lowest BCUT2D eigenvalue weighted by Crippen LogP contribution is -2.43. The second kappa shape index (κ2) is 8.97. The van der Waals surface area contributed by atoms with Crippen LogP contribution in [0.4, 0.5) is 9.18 Å². The summed E-state index contributed by atoms with van der Waals surface area (Å²) in [5.74, 6) is -0.481. The van der Waals surface area contributed by atoms with Crippen molar-refractivity contribution in [3.8, 4) is 0 Å². The fourth-order valence-corrected chi connectivity index (χ4v) is 5.14. The molecular weight excluding hydrogens is 403 g/mol. The highest BCUT2D eigenvalue weighted by Gasteiger charge is 2.28. The van der Waals surface area contributed by atoms with Gasteiger partial charge in [0.15, 0.2) is 0 Å². The third-order valence-electron chi connectivity index (χ3n) is 4.52. The molecule has 1 aliphatic heterocycles. The summed E-state index contributed by atoms with van der Waals surface area (Å²) in [6, 6.07) is 4.59. The third kappa shape index (κ3) is 5.06. The number of aromatic nitrogens is 1. The SMILES string of the molecule is Cc1nc(CCNC(=O)N2CCCN(S(=O)(=O)c3ccc(F)cc3)CC2)cs1. The number of benzene rings is 1. The second-order valence-corrected chi connectivity index (χ2v) is 9.54. The van der Waals surface area contributed by atoms with Gasteiger partial charge in [-0.3, -0.25) is 0 Å². The van der Waals surface area contributed by atoms with Gasteiger partial charge in [0.25, 0.3) is 0 Å². The maximum atomic E-state index is 13.1. The zero-order valence-corrected chi connectivity index (χ0v) is 17.2. The van der Waals surface area contributed by atoms with E-state index in [4.69, 9.17) is 0 Å². The van der Waals surface area contributed by atoms with Crippen LogP contribution in [0.5, 0.6) is 0 Å². The van der Waals surface area contributed by atoms with Crippen LogP contribution in [0.3, 0.4) is 0 Å². The Morgan fingerprint density at radius 1 is 1.21 bits per heavy atom. The van der Waals surface area contributed by atoms with Gasteiger partial charge in [-0.15, -0.1) is 11.3 Å². The molecule has 0 aliphatic carbocycles. The summed E-state index contributed by atoms with van der Waals surface area (Å²) < 4.78 is 39.9. The Morgan fingerprint density at radius 2 is 1.96 bits per heavy atom. The van der Waals surface area contributed by atoms with Crippen LogP contribution < -0.4 is 5.32 Å². The van der Waals surface area contributed by atoms with E-state index in [9.17, 15) is 17.6 Å². The monoisotopic (exact) mass is 426 g/mol. The van der Waals surface area contributed by atoms with Gasteiger partial charge in [0.1, 0.15) is 5.82 Å². The summed E-state index contributed by atoms with van der Waals surface area (Å²) in [5, 5.41) is 5.85. The molecule has 0 saturated carbocycles. The van der Waals surface area contributed by atoms with Crippen molar-refractivity contribution in [3.63, 3.8) is 0 Å². The Balaban J connectivity index is 1.53. The number of carbonyl (C=O) groups is 1. The third-order valence-corrected chi connectivity index (χ3v) is 7.25. The molecule has 7 nitrogen and oxygen atoms in total. The molecule has 1 saturated heterocycles. The molecular formula is C18H23FN4O3S2. The van der Waals surface area contributed by atoms with E-state index in [2.05, 4.69) is 10.3 Å². The van der Waals surface area contributed by atoms with Gasteiger partial charge in [0.2, 0.25) is 10.0 Å². The summed E-state index contributed by atoms with van der Waals surface area (Å²) in [6.45, 7) is 3.74. The van der Waals surface area contributed by atoms with Crippen molar-refractivity contribution in [2.45, 2.75) is 24.7 Å². The van der Waals surface area contributed by atoms with E-state index in [1.165, 1.54) is 16.4 Å². The minimum atomic E-state index is -3.70. The normalized spacial score (nSPS) is 16.0. The molecule has 0 spiro atoms. The first-order chi connectivity index (χ1) is 13.4. The van der Waals surface area contributed by atoms with Gasteiger partial charge in [-0.25, -0.2) is 22.6 Å². The van der Waals surface area contributed by atoms with Gasteiger partial charge in [0.05, 0.1) is 15.6 Å². The number of nitrogens with zero attached hydrogens (tertiary/aromatic N) is 3. The molecule has 10 heteroatoms. The zero-order valence-electron chi connectivity index (χ0n) is 15.6. The minimum Gasteiger partial charge on any atom is -0.338 e. The number of carbonyl (C=O) groups excluding carboxylic acids is 1. The molecule has 152 valence electrons. The van der Waals surface area contributed by atoms with Crippen LogP contribution in [-0.4, -0.2) is 61.4 Å². The number of hydrogen-bond donors (Lipinski definition) is 1. The Hall–Kier alpha value is -2.04. The number of urea groups is 1. The molecule has 1 aromatic carbocycles. The number of halogens is 1. The largest absolute Gasteiger partial charge is 0.338 e. The van der Waals surface area contributed by atoms with Gasteiger partial charge in [-0.2, -0.15) is 4.31 Å². The fraction of sp³-hybridized carbons (Fsp3) is 0.444. The molecule has 1 aromatic heterocycles. The first kappa shape index (κ1) is 20.7. The summed E-state index contributed by atoms with van der Waals surface area (Å²) in [7, 11) is -3.70. The highest BCUT2D eigenvalue weighted by Crippen LogP contribution is 2.18. The van der Waals surface area contributed by atoms with Gasteiger partial charge in [-0.05, 0) is 37.6 Å². The van der Waals surface area contributed by atoms with E-state index in [1.54, 1.807) is 16.2 Å². The predicted molar refractivity (Wildman–Crippen MR) is 105 cm³/mol. The number of thiazole rings is 1. The van der Waals surface area contributed by atoms with Gasteiger partial charge in [-0.1, -0.05) is 0 Å². The lowest BCUT2D eigenvalue weighted by Gasteiger charge is -2.22. The molecule has 0 bridgehead atoms. The summed E-state index contributed by atoms with van der Waals surface area (Å²) >= 11 is 1.58. The quantitative estimate of drug-likeness (QED) is 0.795. The van der Waals surface area contributed by atoms with Crippen molar-refractivity contribution >= 4 is 27.4 Å². The number of amides is 2. The zero-order chi connectivity index (χ0) is 20.1. The van der Waals surface area contributed by atoms with E-state index in [0.29, 0.717) is 39.0 Å². The molecule has 1 aliphatic rings. The molecule has 1 N–H and O–H groups in total. The van der Waals surface area contributed by atoms with Crippen LogP contribution >= 0.6 is 11.3 Å². The Kier molecular flexibility index (Phi) is 6.63. The Bertz CT molecular complexity index is 915. The highest BCUT2D eigenvalue weighted by atomic mass is 32.2. The van der Waals surface area contributed by atoms with E-state index >= 15 is 0 Å².